The molecular formula is C12H11N3OS. The fourth-order valence-electron chi connectivity index (χ4n) is 1.78. The first kappa shape index (κ1) is 10.5. The van der Waals surface area contributed by atoms with E-state index in [0.717, 1.165) is 23.6 Å². The molecule has 1 amide bonds. The van der Waals surface area contributed by atoms with Crippen LogP contribution in [0.15, 0.2) is 40.4 Å². The van der Waals surface area contributed by atoms with Crippen LogP contribution in [-0.4, -0.2) is 27.7 Å². The van der Waals surface area contributed by atoms with Crippen molar-refractivity contribution in [1.29, 1.82) is 0 Å². The van der Waals surface area contributed by atoms with Gasteiger partial charge < -0.3 is 0 Å². The molecule has 86 valence electrons. The van der Waals surface area contributed by atoms with E-state index in [1.807, 2.05) is 35.3 Å². The van der Waals surface area contributed by atoms with Gasteiger partial charge >= 0.3 is 0 Å². The predicted molar refractivity (Wildman–Crippen MR) is 69.0 cm³/mol. The second-order valence-electron chi connectivity index (χ2n) is 3.89. The van der Waals surface area contributed by atoms with Crippen molar-refractivity contribution in [2.75, 3.05) is 6.54 Å². The lowest BCUT2D eigenvalue weighted by molar-refractivity contribution is -0.117. The monoisotopic (exact) mass is 245 g/mol. The third-order valence-corrected chi connectivity index (χ3v) is 3.62. The largest absolute Gasteiger partial charge is 0.273 e. The molecule has 4 nitrogen and oxygen atoms in total. The fourth-order valence-corrected chi connectivity index (χ4v) is 2.73. The number of hydrazone groups is 1. The van der Waals surface area contributed by atoms with Gasteiger partial charge in [-0.2, -0.15) is 10.1 Å². The van der Waals surface area contributed by atoms with E-state index in [-0.39, 0.29) is 5.91 Å². The number of amidine groups is 1. The quantitative estimate of drug-likeness (QED) is 0.761. The van der Waals surface area contributed by atoms with E-state index in [9.17, 15) is 4.79 Å². The van der Waals surface area contributed by atoms with Gasteiger partial charge in [-0.25, -0.2) is 5.01 Å². The van der Waals surface area contributed by atoms with Crippen molar-refractivity contribution in [2.24, 2.45) is 10.1 Å². The molecule has 17 heavy (non-hydrogen) atoms. The van der Waals surface area contributed by atoms with Crippen molar-refractivity contribution in [3.63, 3.8) is 0 Å². The average Bonchev–Trinajstić information content (AvgIpc) is 2.66. The first-order valence-corrected chi connectivity index (χ1v) is 6.35. The summed E-state index contributed by atoms with van der Waals surface area (Å²) in [5, 5.41) is 7.97. The summed E-state index contributed by atoms with van der Waals surface area (Å²) in [6.07, 6.45) is 1.34. The molecule has 2 heterocycles. The molecule has 2 aliphatic rings. The molecule has 0 bridgehead atoms. The summed E-state index contributed by atoms with van der Waals surface area (Å²) in [5.41, 5.74) is 1.07. The molecule has 3 rings (SSSR count). The van der Waals surface area contributed by atoms with Gasteiger partial charge in [0.25, 0.3) is 0 Å². The van der Waals surface area contributed by atoms with Crippen molar-refractivity contribution >= 4 is 27.9 Å². The Labute approximate surface area is 103 Å². The zero-order valence-electron chi connectivity index (χ0n) is 9.17. The van der Waals surface area contributed by atoms with Crippen molar-refractivity contribution in [2.45, 2.75) is 12.8 Å². The molecule has 1 aromatic rings. The summed E-state index contributed by atoms with van der Waals surface area (Å²) in [7, 11) is 0. The van der Waals surface area contributed by atoms with Crippen LogP contribution >= 0.6 is 11.8 Å². The summed E-state index contributed by atoms with van der Waals surface area (Å²) in [4.78, 5) is 15.5. The van der Waals surface area contributed by atoms with Gasteiger partial charge in [0.15, 0.2) is 5.17 Å². The zero-order valence-corrected chi connectivity index (χ0v) is 9.98. The lowest BCUT2D eigenvalue weighted by atomic mass is 10.2. The first-order valence-electron chi connectivity index (χ1n) is 5.54. The van der Waals surface area contributed by atoms with Crippen LogP contribution in [0, 0.1) is 0 Å². The summed E-state index contributed by atoms with van der Waals surface area (Å²) in [6, 6.07) is 9.97. The molecule has 2 aliphatic heterocycles. The third-order valence-electron chi connectivity index (χ3n) is 2.62. The summed E-state index contributed by atoms with van der Waals surface area (Å²) in [6.45, 7) is 0.772. The third kappa shape index (κ3) is 2.10. The van der Waals surface area contributed by atoms with E-state index >= 15 is 0 Å². The Hall–Kier alpha value is -1.62. The van der Waals surface area contributed by atoms with Gasteiger partial charge in [-0.1, -0.05) is 30.3 Å². The topological polar surface area (TPSA) is 45.0 Å². The number of nitrogens with zero attached hydrogens (tertiary/aromatic N) is 3. The molecule has 0 saturated heterocycles. The van der Waals surface area contributed by atoms with Crippen LogP contribution in [0.5, 0.6) is 0 Å². The van der Waals surface area contributed by atoms with E-state index in [2.05, 4.69) is 10.1 Å². The molecule has 0 fully saturated rings. The minimum atomic E-state index is -0.0421. The number of fused-ring (bicyclic) bond motifs is 1. The van der Waals surface area contributed by atoms with E-state index in [4.69, 9.17) is 0 Å². The number of thioether (sulfide) groups is 1. The van der Waals surface area contributed by atoms with E-state index < -0.39 is 0 Å². The number of hydrogen-bond acceptors (Lipinski definition) is 4. The molecule has 5 heteroatoms. The Bertz CT molecular complexity index is 510. The van der Waals surface area contributed by atoms with Crippen LogP contribution in [0.2, 0.25) is 0 Å². The first-order chi connectivity index (χ1) is 8.33. The molecule has 0 aromatic heterocycles. The molecule has 0 atom stereocenters. The van der Waals surface area contributed by atoms with Gasteiger partial charge in [0.1, 0.15) is 5.04 Å². The van der Waals surface area contributed by atoms with E-state index in [1.165, 1.54) is 11.8 Å². The second kappa shape index (κ2) is 4.33. The van der Waals surface area contributed by atoms with Crippen LogP contribution in [0.4, 0.5) is 0 Å². The Kier molecular flexibility index (Phi) is 2.68. The summed E-state index contributed by atoms with van der Waals surface area (Å²) in [5.74, 6) is -0.0421. The fraction of sp³-hybridized carbons (Fsp3) is 0.250. The number of rotatable bonds is 1. The summed E-state index contributed by atoms with van der Waals surface area (Å²) >= 11 is 1.47. The summed E-state index contributed by atoms with van der Waals surface area (Å²) < 4.78 is 0. The Morgan fingerprint density at radius 2 is 2.06 bits per heavy atom. The molecule has 1 aromatic carbocycles. The maximum absolute atomic E-state index is 11.4. The maximum Gasteiger partial charge on any atom is 0.248 e. The smallest absolute Gasteiger partial charge is 0.248 e. The molecule has 0 N–H and O–H groups in total. The minimum Gasteiger partial charge on any atom is -0.273 e. The van der Waals surface area contributed by atoms with E-state index in [0.29, 0.717) is 11.6 Å². The van der Waals surface area contributed by atoms with Crippen molar-refractivity contribution in [1.82, 2.24) is 5.01 Å². The number of benzene rings is 1. The highest BCUT2D eigenvalue weighted by atomic mass is 32.2. The Balaban J connectivity index is 1.90. The number of amides is 1. The van der Waals surface area contributed by atoms with Gasteiger partial charge in [-0.15, -0.1) is 0 Å². The highest BCUT2D eigenvalue weighted by Crippen LogP contribution is 2.27. The number of hydrogen-bond donors (Lipinski definition) is 0. The van der Waals surface area contributed by atoms with Crippen molar-refractivity contribution in [3.8, 4) is 0 Å². The number of carbonyl (C=O) groups is 1. The van der Waals surface area contributed by atoms with Crippen LogP contribution in [0.3, 0.4) is 0 Å². The maximum atomic E-state index is 11.4. The van der Waals surface area contributed by atoms with Gasteiger partial charge in [-0.3, -0.25) is 4.79 Å². The van der Waals surface area contributed by atoms with E-state index in [1.54, 1.807) is 0 Å². The molecule has 0 aliphatic carbocycles. The normalized spacial score (nSPS) is 19.5. The SMILES string of the molecule is O=C1CCCN2N=C(c3ccccc3)SC2=N1. The lowest BCUT2D eigenvalue weighted by Crippen LogP contribution is -2.18. The molecule has 0 spiro atoms. The molecular weight excluding hydrogens is 234 g/mol. The van der Waals surface area contributed by atoms with Gasteiger partial charge in [0, 0.05) is 18.5 Å². The van der Waals surface area contributed by atoms with Crippen molar-refractivity contribution < 1.29 is 4.79 Å². The highest BCUT2D eigenvalue weighted by molar-refractivity contribution is 8.27. The highest BCUT2D eigenvalue weighted by Gasteiger charge is 2.26. The van der Waals surface area contributed by atoms with Crippen LogP contribution in [-0.2, 0) is 4.79 Å². The van der Waals surface area contributed by atoms with Crippen LogP contribution in [0.1, 0.15) is 18.4 Å². The minimum absolute atomic E-state index is 0.0421. The van der Waals surface area contributed by atoms with Gasteiger partial charge in [0.05, 0.1) is 0 Å². The molecule has 0 saturated carbocycles. The Morgan fingerprint density at radius 3 is 2.88 bits per heavy atom. The predicted octanol–water partition coefficient (Wildman–Crippen LogP) is 2.07. The lowest BCUT2D eigenvalue weighted by Gasteiger charge is -2.09. The van der Waals surface area contributed by atoms with Gasteiger partial charge in [-0.05, 0) is 18.2 Å². The Morgan fingerprint density at radius 1 is 1.24 bits per heavy atom. The number of carbonyl (C=O) groups excluding carboxylic acids is 1. The standard InChI is InChI=1S/C12H11N3OS/c16-10-7-4-8-15-12(13-10)17-11(14-15)9-5-2-1-3-6-9/h1-3,5-6H,4,7-8H2. The van der Waals surface area contributed by atoms with Crippen LogP contribution < -0.4 is 0 Å². The van der Waals surface area contributed by atoms with Gasteiger partial charge in [0.2, 0.25) is 5.91 Å². The average molecular weight is 245 g/mol. The van der Waals surface area contributed by atoms with Crippen LogP contribution in [0.25, 0.3) is 0 Å². The van der Waals surface area contributed by atoms with Crippen molar-refractivity contribution in [3.05, 3.63) is 35.9 Å². The number of aliphatic imine (C=N–C) groups is 1. The molecule has 0 unspecified atom stereocenters. The zero-order chi connectivity index (χ0) is 11.7. The second-order valence-corrected chi connectivity index (χ2v) is 4.84. The molecule has 0 radical (unpaired) electrons.